The zero-order valence-corrected chi connectivity index (χ0v) is 19.8. The molecule has 1 aliphatic carbocycles. The maximum Gasteiger partial charge on any atom is 0.258 e. The lowest BCUT2D eigenvalue weighted by molar-refractivity contribution is -0.127. The molecule has 0 unspecified atom stereocenters. The van der Waals surface area contributed by atoms with Gasteiger partial charge in [-0.3, -0.25) is 14.5 Å². The van der Waals surface area contributed by atoms with E-state index < -0.39 is 5.92 Å². The van der Waals surface area contributed by atoms with Gasteiger partial charge in [0.2, 0.25) is 5.91 Å². The molecule has 2 bridgehead atoms. The van der Waals surface area contributed by atoms with Crippen molar-refractivity contribution in [1.29, 1.82) is 0 Å². The number of hydrogen-bond acceptors (Lipinski definition) is 5. The molecule has 4 atom stereocenters. The van der Waals surface area contributed by atoms with E-state index in [0.717, 1.165) is 29.8 Å². The highest BCUT2D eigenvalue weighted by molar-refractivity contribution is 5.80. The van der Waals surface area contributed by atoms with Crippen molar-refractivity contribution in [1.82, 2.24) is 14.8 Å². The normalized spacial score (nSPS) is 26.0. The largest absolute Gasteiger partial charge is 0.496 e. The molecule has 1 aromatic heterocycles. The van der Waals surface area contributed by atoms with Gasteiger partial charge in [-0.15, -0.1) is 0 Å². The third-order valence-electron chi connectivity index (χ3n) is 7.66. The van der Waals surface area contributed by atoms with Crippen LogP contribution in [-0.2, 0) is 17.9 Å². The smallest absolute Gasteiger partial charge is 0.258 e. The molecule has 2 fully saturated rings. The average molecular weight is 464 g/mol. The summed E-state index contributed by atoms with van der Waals surface area (Å²) in [7, 11) is 1.66. The van der Waals surface area contributed by atoms with Gasteiger partial charge in [-0.2, -0.15) is 0 Å². The molecule has 5 rings (SSSR count). The SMILES string of the molecule is C/C=C/c1ccc2n(c1=O)C[C@H]1[C@H](CO)[C@@H](C(=O)NCC3CC3)[C@@H]2N1Cc1ccccc1OC. The lowest BCUT2D eigenvalue weighted by Gasteiger charge is -2.38. The van der Waals surface area contributed by atoms with Crippen LogP contribution < -0.4 is 15.6 Å². The molecule has 2 aliphatic heterocycles. The minimum atomic E-state index is -0.427. The molecular formula is C27H33N3O4. The van der Waals surface area contributed by atoms with Gasteiger partial charge in [0.15, 0.2) is 0 Å². The molecule has 1 saturated carbocycles. The third-order valence-corrected chi connectivity index (χ3v) is 7.66. The Balaban J connectivity index is 1.57. The van der Waals surface area contributed by atoms with Gasteiger partial charge in [-0.1, -0.05) is 30.4 Å². The molecule has 2 aromatic rings. The van der Waals surface area contributed by atoms with E-state index in [4.69, 9.17) is 4.74 Å². The number of carbonyl (C=O) groups is 1. The van der Waals surface area contributed by atoms with Crippen LogP contribution in [0.15, 0.2) is 47.3 Å². The second-order valence-electron chi connectivity index (χ2n) is 9.69. The monoisotopic (exact) mass is 463 g/mol. The van der Waals surface area contributed by atoms with Crippen LogP contribution in [0.4, 0.5) is 0 Å². The van der Waals surface area contributed by atoms with Crippen LogP contribution in [0.25, 0.3) is 6.08 Å². The van der Waals surface area contributed by atoms with Gasteiger partial charge >= 0.3 is 0 Å². The predicted molar refractivity (Wildman–Crippen MR) is 130 cm³/mol. The number of benzene rings is 1. The highest BCUT2D eigenvalue weighted by atomic mass is 16.5. The third kappa shape index (κ3) is 3.97. The number of allylic oxidation sites excluding steroid dienone is 1. The maximum atomic E-state index is 13.5. The summed E-state index contributed by atoms with van der Waals surface area (Å²) in [6.07, 6.45) is 6.00. The summed E-state index contributed by atoms with van der Waals surface area (Å²) in [5, 5.41) is 13.6. The van der Waals surface area contributed by atoms with Crippen molar-refractivity contribution < 1.29 is 14.6 Å². The zero-order valence-electron chi connectivity index (χ0n) is 19.8. The molecule has 3 aliphatic rings. The standard InChI is InChI=1S/C27H33N3O4/c1-3-6-18-11-12-21-25-24(26(32)28-13-17-9-10-17)20(16-31)22(15-30(21)27(18)33)29(25)14-19-7-4-5-8-23(19)34-2/h3-8,11-12,17,20,22,24-25,31H,9-10,13-16H2,1-2H3,(H,28,32)/b6-3+/t20-,22-,24+,25+/m0/s1. The Morgan fingerprint density at radius 1 is 1.24 bits per heavy atom. The van der Waals surface area contributed by atoms with Crippen molar-refractivity contribution in [3.8, 4) is 5.75 Å². The number of amides is 1. The molecular weight excluding hydrogens is 430 g/mol. The second kappa shape index (κ2) is 9.39. The Hall–Kier alpha value is -2.90. The number of aliphatic hydroxyl groups excluding tert-OH is 1. The Morgan fingerprint density at radius 3 is 2.74 bits per heavy atom. The summed E-state index contributed by atoms with van der Waals surface area (Å²) in [6.45, 7) is 3.50. The molecule has 1 saturated heterocycles. The van der Waals surface area contributed by atoms with Crippen LogP contribution in [0.2, 0.25) is 0 Å². The second-order valence-corrected chi connectivity index (χ2v) is 9.69. The number of nitrogens with zero attached hydrogens (tertiary/aromatic N) is 2. The number of nitrogens with one attached hydrogen (secondary N) is 1. The molecule has 0 spiro atoms. The molecule has 1 aromatic carbocycles. The molecule has 34 heavy (non-hydrogen) atoms. The van der Waals surface area contributed by atoms with E-state index in [-0.39, 0.29) is 36.1 Å². The number of aromatic nitrogens is 1. The van der Waals surface area contributed by atoms with Gasteiger partial charge in [0, 0.05) is 55.0 Å². The topological polar surface area (TPSA) is 83.8 Å². The fourth-order valence-corrected chi connectivity index (χ4v) is 5.78. The van der Waals surface area contributed by atoms with E-state index in [0.29, 0.717) is 31.1 Å². The number of ether oxygens (including phenoxy) is 1. The van der Waals surface area contributed by atoms with E-state index in [9.17, 15) is 14.7 Å². The van der Waals surface area contributed by atoms with E-state index in [1.807, 2.05) is 60.0 Å². The van der Waals surface area contributed by atoms with E-state index in [1.54, 1.807) is 7.11 Å². The number of hydrogen-bond donors (Lipinski definition) is 2. The first-order valence-corrected chi connectivity index (χ1v) is 12.2. The first-order chi connectivity index (χ1) is 16.6. The van der Waals surface area contributed by atoms with Crippen molar-refractivity contribution >= 4 is 12.0 Å². The van der Waals surface area contributed by atoms with Crippen molar-refractivity contribution in [3.63, 3.8) is 0 Å². The maximum absolute atomic E-state index is 13.5. The summed E-state index contributed by atoms with van der Waals surface area (Å²) < 4.78 is 7.41. The number of rotatable bonds is 8. The highest BCUT2D eigenvalue weighted by Gasteiger charge is 2.55. The van der Waals surface area contributed by atoms with Crippen molar-refractivity contribution in [3.05, 3.63) is 69.6 Å². The highest BCUT2D eigenvalue weighted by Crippen LogP contribution is 2.49. The minimum Gasteiger partial charge on any atom is -0.496 e. The van der Waals surface area contributed by atoms with Gasteiger partial charge in [0.1, 0.15) is 5.75 Å². The summed E-state index contributed by atoms with van der Waals surface area (Å²) in [5.74, 6) is 0.651. The number of aliphatic hydroxyl groups is 1. The molecule has 7 nitrogen and oxygen atoms in total. The quantitative estimate of drug-likeness (QED) is 0.629. The van der Waals surface area contributed by atoms with Gasteiger partial charge in [0.05, 0.1) is 19.1 Å². The van der Waals surface area contributed by atoms with Crippen LogP contribution in [0.1, 0.15) is 42.6 Å². The first kappa shape index (κ1) is 22.9. The number of methoxy groups -OCH3 is 1. The number of fused-ring (bicyclic) bond motifs is 4. The Morgan fingerprint density at radius 2 is 2.03 bits per heavy atom. The molecule has 3 heterocycles. The summed E-state index contributed by atoms with van der Waals surface area (Å²) in [6, 6.07) is 11.3. The average Bonchev–Trinajstić information content (AvgIpc) is 3.65. The molecule has 180 valence electrons. The van der Waals surface area contributed by atoms with Crippen LogP contribution in [0.3, 0.4) is 0 Å². The zero-order chi connectivity index (χ0) is 23.8. The van der Waals surface area contributed by atoms with E-state index in [1.165, 1.54) is 0 Å². The van der Waals surface area contributed by atoms with Crippen LogP contribution in [0.5, 0.6) is 5.75 Å². The number of pyridine rings is 1. The lowest BCUT2D eigenvalue weighted by atomic mass is 9.86. The predicted octanol–water partition coefficient (Wildman–Crippen LogP) is 2.58. The van der Waals surface area contributed by atoms with Crippen molar-refractivity contribution in [2.45, 2.75) is 44.9 Å². The summed E-state index contributed by atoms with van der Waals surface area (Å²) in [5.41, 5.74) is 2.46. The number of carbonyl (C=O) groups excluding carboxylic acids is 1. The fraction of sp³-hybridized carbons (Fsp3) is 0.481. The van der Waals surface area contributed by atoms with Gasteiger partial charge in [-0.25, -0.2) is 0 Å². The van der Waals surface area contributed by atoms with Crippen LogP contribution in [-0.4, -0.2) is 46.8 Å². The molecule has 7 heteroatoms. The fourth-order valence-electron chi connectivity index (χ4n) is 5.78. The van der Waals surface area contributed by atoms with E-state index in [2.05, 4.69) is 10.2 Å². The molecule has 1 amide bonds. The summed E-state index contributed by atoms with van der Waals surface area (Å²) >= 11 is 0. The van der Waals surface area contributed by atoms with Crippen molar-refractivity contribution in [2.24, 2.45) is 17.8 Å². The van der Waals surface area contributed by atoms with Crippen LogP contribution >= 0.6 is 0 Å². The van der Waals surface area contributed by atoms with Gasteiger partial charge in [0.25, 0.3) is 5.56 Å². The lowest BCUT2D eigenvalue weighted by Crippen LogP contribution is -2.46. The van der Waals surface area contributed by atoms with Crippen LogP contribution in [0, 0.1) is 17.8 Å². The van der Waals surface area contributed by atoms with Gasteiger partial charge in [-0.05, 0) is 43.9 Å². The van der Waals surface area contributed by atoms with Crippen molar-refractivity contribution in [2.75, 3.05) is 20.3 Å². The Labute approximate surface area is 200 Å². The Bertz CT molecular complexity index is 1150. The summed E-state index contributed by atoms with van der Waals surface area (Å²) in [4.78, 5) is 29.1. The minimum absolute atomic E-state index is 0.0260. The first-order valence-electron chi connectivity index (χ1n) is 12.2. The Kier molecular flexibility index (Phi) is 6.32. The molecule has 2 N–H and O–H groups in total. The van der Waals surface area contributed by atoms with Gasteiger partial charge < -0.3 is 19.7 Å². The molecule has 0 radical (unpaired) electrons. The van der Waals surface area contributed by atoms with E-state index >= 15 is 0 Å². The number of para-hydroxylation sites is 1.